The molecule has 0 spiro atoms. The lowest BCUT2D eigenvalue weighted by molar-refractivity contribution is -0.140. The minimum Gasteiger partial charge on any atom is -0.454 e. The molecule has 2 nitrogen and oxygen atoms in total. The molecule has 0 saturated heterocycles. The third-order valence-corrected chi connectivity index (χ3v) is 3.70. The molecule has 0 saturated carbocycles. The molecule has 0 aromatic heterocycles. The second-order valence-corrected chi connectivity index (χ2v) is 5.46. The summed E-state index contributed by atoms with van der Waals surface area (Å²) in [5, 5.41) is -1.32. The molecule has 0 aliphatic carbocycles. The third-order valence-electron chi connectivity index (χ3n) is 2.74. The van der Waals surface area contributed by atoms with Gasteiger partial charge in [-0.15, -0.1) is 0 Å². The Balaban J connectivity index is 2.49. The molecule has 0 amide bonds. The zero-order valence-electron chi connectivity index (χ0n) is 10.8. The first-order valence-corrected chi connectivity index (χ1v) is 6.95. The van der Waals surface area contributed by atoms with Gasteiger partial charge in [-0.2, -0.15) is 13.2 Å². The fourth-order valence-corrected chi connectivity index (χ4v) is 2.37. The molecule has 0 aliphatic rings. The van der Waals surface area contributed by atoms with Crippen LogP contribution in [-0.2, 0) is 6.18 Å². The van der Waals surface area contributed by atoms with Gasteiger partial charge in [-0.25, -0.2) is 4.39 Å². The number of aldehydes is 1. The van der Waals surface area contributed by atoms with E-state index in [1.807, 2.05) is 0 Å². The zero-order valence-corrected chi connectivity index (χ0v) is 13.1. The van der Waals surface area contributed by atoms with Crippen LogP contribution in [0.3, 0.4) is 0 Å². The van der Waals surface area contributed by atoms with Crippen LogP contribution in [0.4, 0.5) is 17.6 Å². The third kappa shape index (κ3) is 3.71. The van der Waals surface area contributed by atoms with Crippen molar-refractivity contribution in [2.45, 2.75) is 6.18 Å². The quantitative estimate of drug-likeness (QED) is 0.345. The highest BCUT2D eigenvalue weighted by Gasteiger charge is 2.37. The van der Waals surface area contributed by atoms with Gasteiger partial charge in [0.05, 0.1) is 15.6 Å². The maximum absolute atomic E-state index is 13.8. The number of hydrogen-bond acceptors (Lipinski definition) is 2. The molecule has 0 fully saturated rings. The van der Waals surface area contributed by atoms with E-state index in [1.54, 1.807) is 0 Å². The first-order chi connectivity index (χ1) is 10.6. The summed E-state index contributed by atoms with van der Waals surface area (Å²) in [4.78, 5) is 10.8. The molecule has 2 aromatic carbocycles. The van der Waals surface area contributed by atoms with E-state index < -0.39 is 33.4 Å². The van der Waals surface area contributed by atoms with Crippen LogP contribution in [0.1, 0.15) is 15.9 Å². The molecule has 0 aliphatic heterocycles. The van der Waals surface area contributed by atoms with Gasteiger partial charge in [0, 0.05) is 5.56 Å². The van der Waals surface area contributed by atoms with Crippen LogP contribution in [0, 0.1) is 5.82 Å². The van der Waals surface area contributed by atoms with Crippen LogP contribution in [0.5, 0.6) is 11.5 Å². The van der Waals surface area contributed by atoms with E-state index in [0.29, 0.717) is 12.4 Å². The average molecular weight is 388 g/mol. The molecule has 0 unspecified atom stereocenters. The minimum atomic E-state index is -4.96. The van der Waals surface area contributed by atoms with Crippen LogP contribution in [0.25, 0.3) is 0 Å². The molecule has 0 radical (unpaired) electrons. The van der Waals surface area contributed by atoms with Crippen molar-refractivity contribution in [3.8, 4) is 11.5 Å². The highest BCUT2D eigenvalue weighted by atomic mass is 35.5. The van der Waals surface area contributed by atoms with E-state index in [1.165, 1.54) is 18.2 Å². The fraction of sp³-hybridized carbons (Fsp3) is 0.0714. The number of halogens is 7. The van der Waals surface area contributed by atoms with Crippen molar-refractivity contribution >= 4 is 41.1 Å². The normalized spacial score (nSPS) is 11.4. The van der Waals surface area contributed by atoms with Crippen molar-refractivity contribution < 1.29 is 27.1 Å². The van der Waals surface area contributed by atoms with Crippen LogP contribution in [0.2, 0.25) is 15.1 Å². The Morgan fingerprint density at radius 1 is 1.04 bits per heavy atom. The van der Waals surface area contributed by atoms with E-state index in [9.17, 15) is 22.4 Å². The number of rotatable bonds is 3. The summed E-state index contributed by atoms with van der Waals surface area (Å²) in [6, 6.07) is 4.21. The van der Waals surface area contributed by atoms with Gasteiger partial charge in [-0.1, -0.05) is 34.8 Å². The van der Waals surface area contributed by atoms with Gasteiger partial charge in [0.2, 0.25) is 0 Å². The lowest BCUT2D eigenvalue weighted by atomic mass is 10.2. The van der Waals surface area contributed by atoms with Gasteiger partial charge in [0.15, 0.2) is 17.9 Å². The molecule has 9 heteroatoms. The van der Waals surface area contributed by atoms with Crippen molar-refractivity contribution in [2.24, 2.45) is 0 Å². The second-order valence-electron chi connectivity index (χ2n) is 4.26. The Morgan fingerprint density at radius 3 is 2.26 bits per heavy atom. The number of benzene rings is 2. The van der Waals surface area contributed by atoms with Crippen molar-refractivity contribution in [2.75, 3.05) is 0 Å². The number of hydrogen-bond donors (Lipinski definition) is 0. The molecule has 0 heterocycles. The molecule has 0 bridgehead atoms. The maximum Gasteiger partial charge on any atom is 0.419 e. The zero-order chi connectivity index (χ0) is 17.4. The lowest BCUT2D eigenvalue weighted by Gasteiger charge is -2.15. The second kappa shape index (κ2) is 6.55. The molecule has 2 rings (SSSR count). The van der Waals surface area contributed by atoms with E-state index in [4.69, 9.17) is 39.5 Å². The summed E-state index contributed by atoms with van der Waals surface area (Å²) < 4.78 is 57.0. The van der Waals surface area contributed by atoms with Crippen molar-refractivity contribution in [1.29, 1.82) is 0 Å². The van der Waals surface area contributed by atoms with Crippen molar-refractivity contribution in [3.05, 3.63) is 56.3 Å². The lowest BCUT2D eigenvalue weighted by Crippen LogP contribution is -2.09. The number of carbonyl (C=O) groups is 1. The predicted molar refractivity (Wildman–Crippen MR) is 78.3 cm³/mol. The molecular weight excluding hydrogens is 383 g/mol. The van der Waals surface area contributed by atoms with Gasteiger partial charge >= 0.3 is 6.18 Å². The first kappa shape index (κ1) is 17.8. The number of carbonyl (C=O) groups excluding carboxylic acids is 1. The van der Waals surface area contributed by atoms with Crippen molar-refractivity contribution in [1.82, 2.24) is 0 Å². The fourth-order valence-electron chi connectivity index (χ4n) is 1.67. The summed E-state index contributed by atoms with van der Waals surface area (Å²) in [6.07, 6.45) is -4.51. The molecule has 0 N–H and O–H groups in total. The summed E-state index contributed by atoms with van der Waals surface area (Å²) in [5.74, 6) is -2.21. The largest absolute Gasteiger partial charge is 0.454 e. The predicted octanol–water partition coefficient (Wildman–Crippen LogP) is 6.41. The van der Waals surface area contributed by atoms with Gasteiger partial charge in [0.25, 0.3) is 0 Å². The van der Waals surface area contributed by atoms with Gasteiger partial charge in [-0.3, -0.25) is 4.79 Å². The Bertz CT molecular complexity index is 776. The van der Waals surface area contributed by atoms with E-state index >= 15 is 0 Å². The summed E-state index contributed by atoms with van der Waals surface area (Å²) >= 11 is 17.0. The maximum atomic E-state index is 13.8. The standard InChI is InChI=1S/C14H5Cl3F4O2/c15-9-2-1-7(3-6(9)5-22)23-13-10(16)4-8(14(19,20)21)12(18)11(13)17/h1-5H. The minimum absolute atomic E-state index is 0.000501. The Hall–Kier alpha value is -1.50. The highest BCUT2D eigenvalue weighted by molar-refractivity contribution is 6.37. The Kier molecular flexibility index (Phi) is 5.08. The highest BCUT2D eigenvalue weighted by Crippen LogP contribution is 2.44. The van der Waals surface area contributed by atoms with Crippen LogP contribution >= 0.6 is 34.8 Å². The molecule has 0 atom stereocenters. The number of alkyl halides is 3. The van der Waals surface area contributed by atoms with Gasteiger partial charge in [-0.05, 0) is 24.3 Å². The van der Waals surface area contributed by atoms with Gasteiger partial charge < -0.3 is 4.74 Å². The smallest absolute Gasteiger partial charge is 0.419 e. The van der Waals surface area contributed by atoms with Crippen molar-refractivity contribution in [3.63, 3.8) is 0 Å². The molecule has 23 heavy (non-hydrogen) atoms. The molecule has 2 aromatic rings. The Labute approximate surface area is 142 Å². The number of ether oxygens (including phenoxy) is 1. The topological polar surface area (TPSA) is 26.3 Å². The molecule has 122 valence electrons. The summed E-state index contributed by atoms with van der Waals surface area (Å²) in [6.45, 7) is 0. The van der Waals surface area contributed by atoms with E-state index in [2.05, 4.69) is 0 Å². The van der Waals surface area contributed by atoms with E-state index in [-0.39, 0.29) is 16.3 Å². The molecular formula is C14H5Cl3F4O2. The SMILES string of the molecule is O=Cc1cc(Oc2c(Cl)cc(C(F)(F)F)c(F)c2Cl)ccc1Cl. The van der Waals surface area contributed by atoms with Crippen LogP contribution in [0.15, 0.2) is 24.3 Å². The summed E-state index contributed by atoms with van der Waals surface area (Å²) in [5.41, 5.74) is -1.53. The Morgan fingerprint density at radius 2 is 1.70 bits per heavy atom. The average Bonchev–Trinajstić information content (AvgIpc) is 2.47. The summed E-state index contributed by atoms with van der Waals surface area (Å²) in [7, 11) is 0. The monoisotopic (exact) mass is 386 g/mol. The first-order valence-electron chi connectivity index (χ1n) is 5.82. The van der Waals surface area contributed by atoms with E-state index in [0.717, 1.165) is 0 Å². The van der Waals surface area contributed by atoms with Crippen LogP contribution < -0.4 is 4.74 Å². The van der Waals surface area contributed by atoms with Gasteiger partial charge in [0.1, 0.15) is 10.8 Å². The van der Waals surface area contributed by atoms with Crippen LogP contribution in [-0.4, -0.2) is 6.29 Å².